The van der Waals surface area contributed by atoms with Crippen LogP contribution in [0.1, 0.15) is 16.1 Å². The van der Waals surface area contributed by atoms with Gasteiger partial charge in [0.1, 0.15) is 5.82 Å². The van der Waals surface area contributed by atoms with E-state index < -0.39 is 21.7 Å². The number of rotatable bonds is 6. The minimum absolute atomic E-state index is 0.0499. The second-order valence-electron chi connectivity index (χ2n) is 6.93. The number of anilines is 2. The summed E-state index contributed by atoms with van der Waals surface area (Å²) in [6.07, 6.45) is 1.36. The first-order chi connectivity index (χ1) is 15.7. The monoisotopic (exact) mass is 546 g/mol. The van der Waals surface area contributed by atoms with Crippen LogP contribution in [0, 0.1) is 12.7 Å². The molecule has 0 unspecified atom stereocenters. The molecule has 7 nitrogen and oxygen atoms in total. The van der Waals surface area contributed by atoms with Gasteiger partial charge in [-0.05, 0) is 49.4 Å². The van der Waals surface area contributed by atoms with Crippen LogP contribution in [-0.2, 0) is 10.0 Å². The van der Waals surface area contributed by atoms with Crippen LogP contribution in [0.3, 0.4) is 0 Å². The molecule has 168 valence electrons. The largest absolute Gasteiger partial charge is 0.298 e. The maximum Gasteiger partial charge on any atom is 0.262 e. The molecule has 4 aromatic rings. The summed E-state index contributed by atoms with van der Waals surface area (Å²) in [7, 11) is -4.07. The molecule has 33 heavy (non-hydrogen) atoms. The van der Waals surface area contributed by atoms with E-state index >= 15 is 0 Å². The summed E-state index contributed by atoms with van der Waals surface area (Å²) in [6.45, 7) is 1.65. The third-order valence-electron chi connectivity index (χ3n) is 4.51. The Kier molecular flexibility index (Phi) is 6.54. The molecule has 2 aromatic heterocycles. The Hall–Kier alpha value is -3.15. The topological polar surface area (TPSA) is 101 Å². The van der Waals surface area contributed by atoms with Crippen LogP contribution in [0.5, 0.6) is 0 Å². The molecule has 0 bridgehead atoms. The third kappa shape index (κ3) is 5.44. The van der Waals surface area contributed by atoms with Crippen molar-refractivity contribution < 1.29 is 17.6 Å². The molecule has 4 rings (SSSR count). The summed E-state index contributed by atoms with van der Waals surface area (Å²) >= 11 is 4.60. The highest BCUT2D eigenvalue weighted by molar-refractivity contribution is 9.10. The third-order valence-corrected chi connectivity index (χ3v) is 7.16. The van der Waals surface area contributed by atoms with Gasteiger partial charge in [0.2, 0.25) is 0 Å². The van der Waals surface area contributed by atoms with Gasteiger partial charge in [0, 0.05) is 27.3 Å². The Bertz CT molecular complexity index is 1440. The molecule has 2 N–H and O–H groups in total. The number of hydrogen-bond donors (Lipinski definition) is 2. The van der Waals surface area contributed by atoms with Gasteiger partial charge < -0.3 is 0 Å². The average molecular weight is 547 g/mol. The molecule has 2 heterocycles. The van der Waals surface area contributed by atoms with Gasteiger partial charge in [-0.15, -0.1) is 11.3 Å². The van der Waals surface area contributed by atoms with Crippen molar-refractivity contribution in [1.82, 2.24) is 9.97 Å². The van der Waals surface area contributed by atoms with Gasteiger partial charge in [-0.2, -0.15) is 0 Å². The van der Waals surface area contributed by atoms with E-state index in [4.69, 9.17) is 0 Å². The zero-order valence-corrected chi connectivity index (χ0v) is 20.3. The lowest BCUT2D eigenvalue weighted by Gasteiger charge is -2.12. The Balaban J connectivity index is 1.58. The van der Waals surface area contributed by atoms with Crippen LogP contribution in [0.2, 0.25) is 0 Å². The van der Waals surface area contributed by atoms with Crippen molar-refractivity contribution in [3.8, 4) is 11.3 Å². The van der Waals surface area contributed by atoms with Gasteiger partial charge in [-0.25, -0.2) is 17.8 Å². The van der Waals surface area contributed by atoms with Crippen LogP contribution >= 0.6 is 27.3 Å². The molecule has 0 radical (unpaired) electrons. The van der Waals surface area contributed by atoms with Gasteiger partial charge in [0.05, 0.1) is 21.8 Å². The van der Waals surface area contributed by atoms with Crippen molar-refractivity contribution in [2.24, 2.45) is 0 Å². The van der Waals surface area contributed by atoms with E-state index in [2.05, 4.69) is 35.9 Å². The van der Waals surface area contributed by atoms with E-state index in [1.807, 2.05) is 24.3 Å². The fourth-order valence-corrected chi connectivity index (χ4v) is 5.06. The lowest BCUT2D eigenvalue weighted by atomic mass is 10.1. The molecular formula is C22H16BrFN4O3S2. The molecule has 0 fully saturated rings. The first kappa shape index (κ1) is 23.0. The standard InChI is InChI=1S/C22H16BrFN4O3S2/c1-13-10-17(8-9-25-13)33(30,31)28-19-11-16(24)6-7-18(19)21(29)27-22-26-20(12-32-22)14-2-4-15(23)5-3-14/h2-12,28H,1H3,(H,26,27,29). The first-order valence-electron chi connectivity index (χ1n) is 9.49. The van der Waals surface area contributed by atoms with Crippen molar-refractivity contribution in [1.29, 1.82) is 0 Å². The van der Waals surface area contributed by atoms with E-state index in [1.165, 1.54) is 35.7 Å². The van der Waals surface area contributed by atoms with Crippen molar-refractivity contribution in [3.63, 3.8) is 0 Å². The van der Waals surface area contributed by atoms with Crippen LogP contribution in [-0.4, -0.2) is 24.3 Å². The molecule has 1 amide bonds. The van der Waals surface area contributed by atoms with Gasteiger partial charge in [0.25, 0.3) is 15.9 Å². The number of nitrogens with zero attached hydrogens (tertiary/aromatic N) is 2. The Morgan fingerprint density at radius 1 is 1.09 bits per heavy atom. The molecule has 0 aliphatic heterocycles. The number of aryl methyl sites for hydroxylation is 1. The number of halogens is 2. The lowest BCUT2D eigenvalue weighted by Crippen LogP contribution is -2.19. The molecule has 0 aliphatic carbocycles. The summed E-state index contributed by atoms with van der Waals surface area (Å²) < 4.78 is 42.7. The zero-order valence-electron chi connectivity index (χ0n) is 17.0. The van der Waals surface area contributed by atoms with Gasteiger partial charge in [-0.3, -0.25) is 19.8 Å². The predicted molar refractivity (Wildman–Crippen MR) is 129 cm³/mol. The number of nitrogens with one attached hydrogen (secondary N) is 2. The highest BCUT2D eigenvalue weighted by atomic mass is 79.9. The Morgan fingerprint density at radius 2 is 1.85 bits per heavy atom. The lowest BCUT2D eigenvalue weighted by molar-refractivity contribution is 0.102. The van der Waals surface area contributed by atoms with E-state index in [-0.39, 0.29) is 16.1 Å². The number of carbonyl (C=O) groups is 1. The fourth-order valence-electron chi connectivity index (χ4n) is 2.94. The highest BCUT2D eigenvalue weighted by Crippen LogP contribution is 2.28. The number of carbonyl (C=O) groups excluding carboxylic acids is 1. The number of hydrogen-bond acceptors (Lipinski definition) is 6. The number of aromatic nitrogens is 2. The molecule has 0 spiro atoms. The first-order valence-corrected chi connectivity index (χ1v) is 12.6. The van der Waals surface area contributed by atoms with Gasteiger partial charge >= 0.3 is 0 Å². The fraction of sp³-hybridized carbons (Fsp3) is 0.0455. The minimum Gasteiger partial charge on any atom is -0.298 e. The second-order valence-corrected chi connectivity index (χ2v) is 10.4. The second kappa shape index (κ2) is 9.38. The highest BCUT2D eigenvalue weighted by Gasteiger charge is 2.21. The molecule has 0 saturated heterocycles. The Morgan fingerprint density at radius 3 is 2.58 bits per heavy atom. The molecular weight excluding hydrogens is 531 g/mol. The summed E-state index contributed by atoms with van der Waals surface area (Å²) in [4.78, 5) is 21.2. The minimum atomic E-state index is -4.07. The predicted octanol–water partition coefficient (Wildman–Crippen LogP) is 5.47. The SMILES string of the molecule is Cc1cc(S(=O)(=O)Nc2cc(F)ccc2C(=O)Nc2nc(-c3ccc(Br)cc3)cs2)ccn1. The van der Waals surface area contributed by atoms with Crippen LogP contribution in [0.15, 0.2) is 75.5 Å². The van der Waals surface area contributed by atoms with Gasteiger partial charge in [-0.1, -0.05) is 28.1 Å². The van der Waals surface area contributed by atoms with Crippen molar-refractivity contribution in [3.05, 3.63) is 87.7 Å². The number of sulfonamides is 1. The number of amides is 1. The maximum absolute atomic E-state index is 13.9. The van der Waals surface area contributed by atoms with E-state index in [0.717, 1.165) is 22.2 Å². The number of pyridine rings is 1. The quantitative estimate of drug-likeness (QED) is 0.334. The zero-order chi connectivity index (χ0) is 23.6. The summed E-state index contributed by atoms with van der Waals surface area (Å²) in [6, 6.07) is 13.5. The number of benzene rings is 2. The normalized spacial score (nSPS) is 11.2. The van der Waals surface area contributed by atoms with Crippen molar-refractivity contribution >= 4 is 54.0 Å². The number of thiazole rings is 1. The molecule has 0 atom stereocenters. The van der Waals surface area contributed by atoms with Crippen LogP contribution in [0.25, 0.3) is 11.3 Å². The molecule has 11 heteroatoms. The summed E-state index contributed by atoms with van der Waals surface area (Å²) in [5, 5.41) is 4.76. The maximum atomic E-state index is 13.9. The van der Waals surface area contributed by atoms with E-state index in [0.29, 0.717) is 16.5 Å². The average Bonchev–Trinajstić information content (AvgIpc) is 3.22. The Labute approximate surface area is 201 Å². The smallest absolute Gasteiger partial charge is 0.262 e. The van der Waals surface area contributed by atoms with Gasteiger partial charge in [0.15, 0.2) is 5.13 Å². The summed E-state index contributed by atoms with van der Waals surface area (Å²) in [5.41, 5.74) is 1.81. The molecule has 0 saturated carbocycles. The molecule has 2 aromatic carbocycles. The van der Waals surface area contributed by atoms with Crippen molar-refractivity contribution in [2.75, 3.05) is 10.0 Å². The van der Waals surface area contributed by atoms with E-state index in [1.54, 1.807) is 12.3 Å². The van der Waals surface area contributed by atoms with E-state index in [9.17, 15) is 17.6 Å². The van der Waals surface area contributed by atoms with Crippen LogP contribution < -0.4 is 10.0 Å². The molecule has 0 aliphatic rings. The van der Waals surface area contributed by atoms with Crippen LogP contribution in [0.4, 0.5) is 15.2 Å². The van der Waals surface area contributed by atoms with Crippen molar-refractivity contribution in [2.45, 2.75) is 11.8 Å². The summed E-state index contributed by atoms with van der Waals surface area (Å²) in [5.74, 6) is -1.32.